The fourth-order valence-electron chi connectivity index (χ4n) is 3.62. The van der Waals surface area contributed by atoms with Gasteiger partial charge in [0.15, 0.2) is 0 Å². The number of nitrogens with one attached hydrogen (secondary N) is 1. The van der Waals surface area contributed by atoms with Gasteiger partial charge in [0, 0.05) is 50.9 Å². The predicted octanol–water partition coefficient (Wildman–Crippen LogP) is 1.50. The third kappa shape index (κ3) is 4.17. The van der Waals surface area contributed by atoms with Crippen molar-refractivity contribution in [2.45, 2.75) is 38.1 Å². The SMILES string of the molecule is CN(CC1CCOCC1)CC1(CNC2CC2)CCOC1. The zero-order valence-corrected chi connectivity index (χ0v) is 12.9. The molecule has 1 N–H and O–H groups in total. The monoisotopic (exact) mass is 282 g/mol. The first-order chi connectivity index (χ1) is 9.76. The maximum Gasteiger partial charge on any atom is 0.0547 e. The molecule has 4 heteroatoms. The fourth-order valence-corrected chi connectivity index (χ4v) is 3.62. The minimum absolute atomic E-state index is 0.350. The molecule has 2 heterocycles. The van der Waals surface area contributed by atoms with Crippen molar-refractivity contribution in [3.63, 3.8) is 0 Å². The highest BCUT2D eigenvalue weighted by molar-refractivity contribution is 4.92. The van der Waals surface area contributed by atoms with Crippen molar-refractivity contribution < 1.29 is 9.47 Å². The zero-order valence-electron chi connectivity index (χ0n) is 12.9. The molecule has 0 radical (unpaired) electrons. The lowest BCUT2D eigenvalue weighted by molar-refractivity contribution is 0.0473. The van der Waals surface area contributed by atoms with Crippen LogP contribution in [0.5, 0.6) is 0 Å². The fraction of sp³-hybridized carbons (Fsp3) is 1.00. The van der Waals surface area contributed by atoms with Gasteiger partial charge in [-0.05, 0) is 45.1 Å². The summed E-state index contributed by atoms with van der Waals surface area (Å²) in [6.45, 7) is 7.31. The Balaban J connectivity index is 1.46. The average Bonchev–Trinajstić information content (AvgIpc) is 3.18. The Morgan fingerprint density at radius 3 is 2.55 bits per heavy atom. The van der Waals surface area contributed by atoms with E-state index < -0.39 is 0 Å². The maximum absolute atomic E-state index is 5.72. The van der Waals surface area contributed by atoms with Gasteiger partial charge in [0.05, 0.1) is 6.61 Å². The van der Waals surface area contributed by atoms with Gasteiger partial charge in [-0.2, -0.15) is 0 Å². The standard InChI is InChI=1S/C16H30N2O2/c1-18(10-14-4-7-19-8-5-14)12-16(6-9-20-13-16)11-17-15-2-3-15/h14-15,17H,2-13H2,1H3. The summed E-state index contributed by atoms with van der Waals surface area (Å²) in [5.74, 6) is 0.824. The maximum atomic E-state index is 5.72. The summed E-state index contributed by atoms with van der Waals surface area (Å²) in [6, 6.07) is 0.799. The van der Waals surface area contributed by atoms with Crippen molar-refractivity contribution in [2.75, 3.05) is 53.1 Å². The molecule has 0 aromatic rings. The molecule has 0 aromatic carbocycles. The van der Waals surface area contributed by atoms with Crippen molar-refractivity contribution in [2.24, 2.45) is 11.3 Å². The minimum atomic E-state index is 0.350. The first-order valence-electron chi connectivity index (χ1n) is 8.33. The second-order valence-electron chi connectivity index (χ2n) is 7.21. The van der Waals surface area contributed by atoms with E-state index in [4.69, 9.17) is 9.47 Å². The van der Waals surface area contributed by atoms with Crippen LogP contribution in [0.25, 0.3) is 0 Å². The van der Waals surface area contributed by atoms with Gasteiger partial charge < -0.3 is 19.7 Å². The molecule has 2 aliphatic heterocycles. The van der Waals surface area contributed by atoms with E-state index in [-0.39, 0.29) is 0 Å². The van der Waals surface area contributed by atoms with Crippen LogP contribution in [0.3, 0.4) is 0 Å². The number of ether oxygens (including phenoxy) is 2. The lowest BCUT2D eigenvalue weighted by Crippen LogP contribution is -2.45. The van der Waals surface area contributed by atoms with Crippen molar-refractivity contribution in [1.82, 2.24) is 10.2 Å². The van der Waals surface area contributed by atoms with Gasteiger partial charge in [-0.1, -0.05) is 0 Å². The van der Waals surface area contributed by atoms with E-state index in [1.54, 1.807) is 0 Å². The molecule has 0 aromatic heterocycles. The highest BCUT2D eigenvalue weighted by Crippen LogP contribution is 2.31. The van der Waals surface area contributed by atoms with Gasteiger partial charge in [0.1, 0.15) is 0 Å². The van der Waals surface area contributed by atoms with Crippen LogP contribution in [0.2, 0.25) is 0 Å². The number of rotatable bonds is 7. The lowest BCUT2D eigenvalue weighted by atomic mass is 9.86. The summed E-state index contributed by atoms with van der Waals surface area (Å²) in [4.78, 5) is 2.54. The van der Waals surface area contributed by atoms with E-state index in [1.165, 1.54) is 45.2 Å². The van der Waals surface area contributed by atoms with Crippen LogP contribution >= 0.6 is 0 Å². The van der Waals surface area contributed by atoms with E-state index in [0.29, 0.717) is 5.41 Å². The molecule has 116 valence electrons. The molecule has 0 amide bonds. The molecule has 4 nitrogen and oxygen atoms in total. The van der Waals surface area contributed by atoms with E-state index >= 15 is 0 Å². The number of hydrogen-bond donors (Lipinski definition) is 1. The van der Waals surface area contributed by atoms with Crippen LogP contribution in [-0.4, -0.2) is 64.1 Å². The Morgan fingerprint density at radius 2 is 1.90 bits per heavy atom. The van der Waals surface area contributed by atoms with E-state index in [2.05, 4.69) is 17.3 Å². The molecule has 2 saturated heterocycles. The van der Waals surface area contributed by atoms with Gasteiger partial charge in [-0.15, -0.1) is 0 Å². The summed E-state index contributed by atoms with van der Waals surface area (Å²) in [6.07, 6.45) is 6.41. The average molecular weight is 282 g/mol. The molecule has 1 atom stereocenters. The first-order valence-corrected chi connectivity index (χ1v) is 8.33. The van der Waals surface area contributed by atoms with Crippen LogP contribution < -0.4 is 5.32 Å². The van der Waals surface area contributed by atoms with Gasteiger partial charge in [0.2, 0.25) is 0 Å². The molecule has 3 fully saturated rings. The zero-order chi connectivity index (χ0) is 13.8. The Morgan fingerprint density at radius 1 is 1.10 bits per heavy atom. The summed E-state index contributed by atoms with van der Waals surface area (Å²) in [5, 5.41) is 3.72. The highest BCUT2D eigenvalue weighted by Gasteiger charge is 2.37. The van der Waals surface area contributed by atoms with E-state index in [0.717, 1.165) is 44.9 Å². The molecule has 0 spiro atoms. The molecule has 1 saturated carbocycles. The van der Waals surface area contributed by atoms with Crippen molar-refractivity contribution in [3.05, 3.63) is 0 Å². The summed E-state index contributed by atoms with van der Waals surface area (Å²) in [7, 11) is 2.28. The van der Waals surface area contributed by atoms with Crippen molar-refractivity contribution in [3.8, 4) is 0 Å². The second kappa shape index (κ2) is 6.73. The minimum Gasteiger partial charge on any atom is -0.381 e. The van der Waals surface area contributed by atoms with Crippen molar-refractivity contribution in [1.29, 1.82) is 0 Å². The number of hydrogen-bond acceptors (Lipinski definition) is 4. The largest absolute Gasteiger partial charge is 0.381 e. The molecule has 1 aliphatic carbocycles. The molecular formula is C16H30N2O2. The summed E-state index contributed by atoms with van der Waals surface area (Å²) >= 11 is 0. The Hall–Kier alpha value is -0.160. The second-order valence-corrected chi connectivity index (χ2v) is 7.21. The molecule has 3 rings (SSSR count). The Bertz CT molecular complexity index is 295. The van der Waals surface area contributed by atoms with Crippen LogP contribution in [-0.2, 0) is 9.47 Å². The first kappa shape index (κ1) is 14.8. The molecule has 3 aliphatic rings. The lowest BCUT2D eigenvalue weighted by Gasteiger charge is -2.35. The molecular weight excluding hydrogens is 252 g/mol. The van der Waals surface area contributed by atoms with Gasteiger partial charge in [0.25, 0.3) is 0 Å². The smallest absolute Gasteiger partial charge is 0.0547 e. The van der Waals surface area contributed by atoms with Gasteiger partial charge in [-0.3, -0.25) is 0 Å². The van der Waals surface area contributed by atoms with Gasteiger partial charge in [-0.25, -0.2) is 0 Å². The summed E-state index contributed by atoms with van der Waals surface area (Å²) in [5.41, 5.74) is 0.350. The molecule has 0 bridgehead atoms. The summed E-state index contributed by atoms with van der Waals surface area (Å²) < 4.78 is 11.2. The third-order valence-corrected chi connectivity index (χ3v) is 5.04. The van der Waals surface area contributed by atoms with E-state index in [1.807, 2.05) is 0 Å². The van der Waals surface area contributed by atoms with Crippen LogP contribution in [0.4, 0.5) is 0 Å². The Kier molecular flexibility index (Phi) is 4.97. The van der Waals surface area contributed by atoms with Crippen molar-refractivity contribution >= 4 is 0 Å². The predicted molar refractivity (Wildman–Crippen MR) is 79.9 cm³/mol. The Labute approximate surface area is 123 Å². The quantitative estimate of drug-likeness (QED) is 0.767. The molecule has 20 heavy (non-hydrogen) atoms. The van der Waals surface area contributed by atoms with E-state index in [9.17, 15) is 0 Å². The molecule has 1 unspecified atom stereocenters. The van der Waals surface area contributed by atoms with Crippen LogP contribution in [0.1, 0.15) is 32.1 Å². The van der Waals surface area contributed by atoms with Crippen LogP contribution in [0, 0.1) is 11.3 Å². The third-order valence-electron chi connectivity index (χ3n) is 5.04. The highest BCUT2D eigenvalue weighted by atomic mass is 16.5. The van der Waals surface area contributed by atoms with Crippen LogP contribution in [0.15, 0.2) is 0 Å². The van der Waals surface area contributed by atoms with Gasteiger partial charge >= 0.3 is 0 Å². The normalized spacial score (nSPS) is 32.1. The number of nitrogens with zero attached hydrogens (tertiary/aromatic N) is 1. The topological polar surface area (TPSA) is 33.7 Å².